The zero-order valence-electron chi connectivity index (χ0n) is 15.0. The Morgan fingerprint density at radius 3 is 2.12 bits per heavy atom. The van der Waals surface area contributed by atoms with Gasteiger partial charge in [-0.1, -0.05) is 44.2 Å². The zero-order chi connectivity index (χ0) is 18.3. The third-order valence-electron chi connectivity index (χ3n) is 3.06. The number of alkyl halides is 1. The van der Waals surface area contributed by atoms with Gasteiger partial charge in [0.15, 0.2) is 0 Å². The number of hydrogen-bond donors (Lipinski definition) is 0. The van der Waals surface area contributed by atoms with Crippen LogP contribution in [0.25, 0.3) is 0 Å². The Hall–Kier alpha value is -2.75. The lowest BCUT2D eigenvalue weighted by atomic mass is 10.1. The fraction of sp³-hybridized carbons (Fsp3) is 0.238. The van der Waals surface area contributed by atoms with Gasteiger partial charge in [0.25, 0.3) is 0 Å². The second kappa shape index (κ2) is 12.6. The number of halogens is 1. The van der Waals surface area contributed by atoms with E-state index >= 15 is 0 Å². The molecule has 0 atom stereocenters. The van der Waals surface area contributed by atoms with Gasteiger partial charge in [0.1, 0.15) is 11.5 Å². The fourth-order valence-electron chi connectivity index (χ4n) is 1.99. The lowest BCUT2D eigenvalue weighted by molar-refractivity contribution is 0.553. The summed E-state index contributed by atoms with van der Waals surface area (Å²) in [6.07, 6.45) is 11.9. The minimum absolute atomic E-state index is 0.500. The molecule has 1 aliphatic rings. The summed E-state index contributed by atoms with van der Waals surface area (Å²) in [6.45, 7) is 4.00. The number of aliphatic imine (C=N–C) groups is 2. The first-order chi connectivity index (χ1) is 12.4. The number of furan rings is 1. The van der Waals surface area contributed by atoms with E-state index in [1.54, 1.807) is 12.4 Å². The van der Waals surface area contributed by atoms with Gasteiger partial charge in [-0.3, -0.25) is 14.4 Å². The molecule has 1 heterocycles. The summed E-state index contributed by atoms with van der Waals surface area (Å²) in [5.74, 6) is 1.44. The molecule has 0 bridgehead atoms. The van der Waals surface area contributed by atoms with Crippen molar-refractivity contribution in [3.63, 3.8) is 0 Å². The molecule has 3 rings (SSSR count). The molecule has 0 spiro atoms. The van der Waals surface area contributed by atoms with E-state index < -0.39 is 0 Å². The standard InChI is InChI=1S/C18H16N2O.C2H6.CH3F/c1-3-7-15(8-4-1)19-13-17-11-12-18(21-17)14-20-16-9-5-2-6-10-16;2*1-2/h1,3-5,7-14H,2,6H2;1-2H3;1H3. The summed E-state index contributed by atoms with van der Waals surface area (Å²) < 4.78 is 15.1. The summed E-state index contributed by atoms with van der Waals surface area (Å²) >= 11 is 0. The predicted molar refractivity (Wildman–Crippen MR) is 105 cm³/mol. The van der Waals surface area contributed by atoms with Gasteiger partial charge in [0.2, 0.25) is 0 Å². The van der Waals surface area contributed by atoms with Gasteiger partial charge in [-0.05, 0) is 43.2 Å². The van der Waals surface area contributed by atoms with Crippen molar-refractivity contribution < 1.29 is 8.81 Å². The van der Waals surface area contributed by atoms with E-state index in [9.17, 15) is 4.39 Å². The minimum Gasteiger partial charge on any atom is -0.454 e. The molecular weight excluding hydrogens is 315 g/mol. The van der Waals surface area contributed by atoms with Gasteiger partial charge < -0.3 is 4.42 Å². The van der Waals surface area contributed by atoms with Crippen molar-refractivity contribution in [2.75, 3.05) is 7.18 Å². The van der Waals surface area contributed by atoms with E-state index in [0.717, 1.165) is 30.0 Å². The van der Waals surface area contributed by atoms with Crippen LogP contribution < -0.4 is 0 Å². The first-order valence-electron chi connectivity index (χ1n) is 8.38. The highest BCUT2D eigenvalue weighted by molar-refractivity contribution is 5.82. The molecule has 2 aromatic rings. The predicted octanol–water partition coefficient (Wildman–Crippen LogP) is 6.29. The monoisotopic (exact) mass is 340 g/mol. The number of nitrogens with zero attached hydrogens (tertiary/aromatic N) is 2. The van der Waals surface area contributed by atoms with Crippen molar-refractivity contribution in [3.8, 4) is 0 Å². The maximum Gasteiger partial charge on any atom is 0.145 e. The van der Waals surface area contributed by atoms with Crippen LogP contribution in [0.1, 0.15) is 38.2 Å². The van der Waals surface area contributed by atoms with Crippen LogP contribution in [0.4, 0.5) is 10.1 Å². The third-order valence-corrected chi connectivity index (χ3v) is 3.06. The Morgan fingerprint density at radius 1 is 0.880 bits per heavy atom. The number of benzene rings is 1. The van der Waals surface area contributed by atoms with Gasteiger partial charge in [-0.2, -0.15) is 0 Å². The average molecular weight is 340 g/mol. The topological polar surface area (TPSA) is 37.9 Å². The van der Waals surface area contributed by atoms with E-state index in [2.05, 4.69) is 22.1 Å². The van der Waals surface area contributed by atoms with E-state index in [4.69, 9.17) is 4.42 Å². The largest absolute Gasteiger partial charge is 0.454 e. The summed E-state index contributed by atoms with van der Waals surface area (Å²) in [5.41, 5.74) is 1.89. The number of allylic oxidation sites excluding steroid dienone is 3. The second-order valence-corrected chi connectivity index (χ2v) is 4.70. The minimum atomic E-state index is 0.500. The van der Waals surface area contributed by atoms with Crippen LogP contribution in [0, 0.1) is 0 Å². The van der Waals surface area contributed by atoms with Crippen molar-refractivity contribution in [3.05, 3.63) is 77.9 Å². The highest BCUT2D eigenvalue weighted by atomic mass is 19.1. The highest BCUT2D eigenvalue weighted by Crippen LogP contribution is 2.13. The first-order valence-corrected chi connectivity index (χ1v) is 8.38. The number of para-hydroxylation sites is 1. The van der Waals surface area contributed by atoms with Crippen molar-refractivity contribution in [2.24, 2.45) is 9.98 Å². The summed E-state index contributed by atoms with van der Waals surface area (Å²) in [7, 11) is 0.500. The van der Waals surface area contributed by atoms with Crippen LogP contribution in [0.15, 0.2) is 80.8 Å². The molecule has 0 fully saturated rings. The molecule has 0 radical (unpaired) electrons. The maximum absolute atomic E-state index is 9.50. The summed E-state index contributed by atoms with van der Waals surface area (Å²) in [4.78, 5) is 8.75. The highest BCUT2D eigenvalue weighted by Gasteiger charge is 1.98. The SMILES string of the molecule is C1=CC(N=Cc2ccc(C=Nc3ccccc3)o2)=CCC1.CC.CF. The molecule has 0 unspecified atom stereocenters. The number of rotatable bonds is 4. The Balaban J connectivity index is 0.000000730. The zero-order valence-corrected chi connectivity index (χ0v) is 15.0. The molecule has 1 aliphatic carbocycles. The fourth-order valence-corrected chi connectivity index (χ4v) is 1.99. The van der Waals surface area contributed by atoms with Crippen molar-refractivity contribution in [2.45, 2.75) is 26.7 Å². The van der Waals surface area contributed by atoms with Gasteiger partial charge in [0.05, 0.1) is 31.0 Å². The third kappa shape index (κ3) is 7.57. The van der Waals surface area contributed by atoms with Gasteiger partial charge in [0, 0.05) is 0 Å². The van der Waals surface area contributed by atoms with Gasteiger partial charge in [-0.15, -0.1) is 0 Å². The molecule has 0 saturated carbocycles. The van der Waals surface area contributed by atoms with E-state index in [1.807, 2.05) is 62.4 Å². The Morgan fingerprint density at radius 2 is 1.52 bits per heavy atom. The van der Waals surface area contributed by atoms with Crippen LogP contribution in [-0.4, -0.2) is 19.6 Å². The molecule has 0 amide bonds. The molecule has 1 aromatic carbocycles. The summed E-state index contributed by atoms with van der Waals surface area (Å²) in [6, 6.07) is 13.6. The van der Waals surface area contributed by atoms with Crippen LogP contribution in [0.3, 0.4) is 0 Å². The van der Waals surface area contributed by atoms with Crippen LogP contribution in [0.5, 0.6) is 0 Å². The van der Waals surface area contributed by atoms with E-state index in [-0.39, 0.29) is 0 Å². The van der Waals surface area contributed by atoms with Gasteiger partial charge >= 0.3 is 0 Å². The lowest BCUT2D eigenvalue weighted by Crippen LogP contribution is -1.83. The molecule has 132 valence electrons. The van der Waals surface area contributed by atoms with Crippen molar-refractivity contribution in [1.82, 2.24) is 0 Å². The molecule has 25 heavy (non-hydrogen) atoms. The van der Waals surface area contributed by atoms with Crippen LogP contribution in [-0.2, 0) is 0 Å². The Bertz CT molecular complexity index is 713. The van der Waals surface area contributed by atoms with E-state index in [1.165, 1.54) is 0 Å². The summed E-state index contributed by atoms with van der Waals surface area (Å²) in [5, 5.41) is 0. The molecule has 0 N–H and O–H groups in total. The second-order valence-electron chi connectivity index (χ2n) is 4.70. The molecule has 0 saturated heterocycles. The molecule has 4 heteroatoms. The first kappa shape index (κ1) is 20.3. The Kier molecular flexibility index (Phi) is 10.3. The average Bonchev–Trinajstić information content (AvgIpc) is 3.17. The quantitative estimate of drug-likeness (QED) is 0.602. The smallest absolute Gasteiger partial charge is 0.145 e. The van der Waals surface area contributed by atoms with Crippen LogP contribution >= 0.6 is 0 Å². The van der Waals surface area contributed by atoms with Crippen molar-refractivity contribution in [1.29, 1.82) is 0 Å². The van der Waals surface area contributed by atoms with Crippen LogP contribution in [0.2, 0.25) is 0 Å². The molecular formula is C21H25FN2O. The van der Waals surface area contributed by atoms with Crippen molar-refractivity contribution >= 4 is 18.1 Å². The van der Waals surface area contributed by atoms with E-state index in [0.29, 0.717) is 12.9 Å². The maximum atomic E-state index is 9.50. The molecule has 1 aromatic heterocycles. The Labute approximate surface area is 149 Å². The lowest BCUT2D eigenvalue weighted by Gasteiger charge is -1.99. The molecule has 0 aliphatic heterocycles. The van der Waals surface area contributed by atoms with Gasteiger partial charge in [-0.25, -0.2) is 0 Å². The number of hydrogen-bond acceptors (Lipinski definition) is 3. The molecule has 3 nitrogen and oxygen atoms in total. The normalized spacial score (nSPS) is 13.0.